The molecule has 0 heterocycles. The predicted octanol–water partition coefficient (Wildman–Crippen LogP) is 4.11. The van der Waals surface area contributed by atoms with Gasteiger partial charge in [0.05, 0.1) is 11.4 Å². The molecule has 0 spiro atoms. The summed E-state index contributed by atoms with van der Waals surface area (Å²) in [7, 11) is -4.41. The minimum Gasteiger partial charge on any atom is -0.748 e. The first-order chi connectivity index (χ1) is 13.9. The van der Waals surface area contributed by atoms with Crippen molar-refractivity contribution in [3.05, 3.63) is 0 Å². The van der Waals surface area contributed by atoms with Crippen LogP contribution >= 0.6 is 0 Å². The van der Waals surface area contributed by atoms with Crippen molar-refractivity contribution in [3.63, 3.8) is 0 Å². The molecule has 0 aromatic carbocycles. The van der Waals surface area contributed by atoms with Crippen molar-refractivity contribution < 1.29 is 47.6 Å². The largest absolute Gasteiger partial charge is 1.00 e. The third-order valence-electron chi connectivity index (χ3n) is 5.98. The molecule has 0 saturated carbocycles. The number of unbranched alkanes of at least 4 members (excludes halogenated alkanes) is 16. The topological polar surface area (TPSA) is 77.4 Å². The molecule has 2 unspecified atom stereocenters. The number of aliphatic hydroxyl groups is 1. The molecule has 4 nitrogen and oxygen atoms in total. The molecule has 0 radical (unpaired) electrons. The molecule has 1 N–H and O–H groups in total. The second-order valence-electron chi connectivity index (χ2n) is 8.83. The second kappa shape index (κ2) is 23.0. The average molecular weight is 457 g/mol. The summed E-state index contributed by atoms with van der Waals surface area (Å²) < 4.78 is 34.0. The van der Waals surface area contributed by atoms with E-state index in [1.807, 2.05) is 6.92 Å². The Morgan fingerprint density at radius 2 is 0.933 bits per heavy atom. The zero-order chi connectivity index (χ0) is 21.8. The summed E-state index contributed by atoms with van der Waals surface area (Å²) in [5.74, 6) is 0. The molecule has 2 atom stereocenters. The van der Waals surface area contributed by atoms with Crippen LogP contribution in [0.2, 0.25) is 0 Å². The number of hydrogen-bond donors (Lipinski definition) is 1. The Morgan fingerprint density at radius 1 is 0.600 bits per heavy atom. The molecule has 0 amide bonds. The summed E-state index contributed by atoms with van der Waals surface area (Å²) >= 11 is 0. The third kappa shape index (κ3) is 20.8. The van der Waals surface area contributed by atoms with Gasteiger partial charge >= 0.3 is 29.6 Å². The predicted molar refractivity (Wildman–Crippen MR) is 123 cm³/mol. The molecule has 0 aliphatic rings. The van der Waals surface area contributed by atoms with Crippen molar-refractivity contribution in [1.82, 2.24) is 0 Å². The van der Waals surface area contributed by atoms with Crippen LogP contribution in [0.3, 0.4) is 0 Å². The minimum absolute atomic E-state index is 0. The molecule has 0 saturated heterocycles. The molecule has 6 heteroatoms. The number of aliphatic hydroxyl groups excluding tert-OH is 1. The summed E-state index contributed by atoms with van der Waals surface area (Å²) in [5, 5.41) is 8.77. The number of rotatable bonds is 22. The standard InChI is InChI=1S/C24H50O4S.Na/c1-3-5-6-7-8-9-10-11-12-13-14-15-16-17-18-19-20-22-24(29(26,27)28)23(25)21-4-2;/h23-25H,3-22H2,1-2H3,(H,26,27,28);/q;+1/p-1. The van der Waals surface area contributed by atoms with Crippen molar-refractivity contribution in [1.29, 1.82) is 0 Å². The van der Waals surface area contributed by atoms with Crippen LogP contribution in [0, 0.1) is 0 Å². The first-order valence-corrected chi connectivity index (χ1v) is 14.0. The van der Waals surface area contributed by atoms with Crippen LogP contribution in [-0.4, -0.2) is 29.4 Å². The van der Waals surface area contributed by atoms with Crippen molar-refractivity contribution in [2.75, 3.05) is 0 Å². The van der Waals surface area contributed by atoms with E-state index in [1.165, 1.54) is 89.9 Å². The molecule has 0 aromatic heterocycles. The van der Waals surface area contributed by atoms with Crippen LogP contribution in [0.4, 0.5) is 0 Å². The van der Waals surface area contributed by atoms with Gasteiger partial charge in [0.1, 0.15) is 10.1 Å². The SMILES string of the molecule is CCCCCCCCCCCCCCCCCCCC(C(O)CCC)S(=O)(=O)[O-].[Na+]. The second-order valence-corrected chi connectivity index (χ2v) is 10.4. The minimum atomic E-state index is -4.41. The van der Waals surface area contributed by atoms with Gasteiger partial charge in [0.2, 0.25) is 0 Å². The van der Waals surface area contributed by atoms with Gasteiger partial charge in [-0.05, 0) is 12.8 Å². The number of hydrogen-bond acceptors (Lipinski definition) is 4. The van der Waals surface area contributed by atoms with Gasteiger partial charge in [-0.25, -0.2) is 8.42 Å². The van der Waals surface area contributed by atoms with Crippen molar-refractivity contribution in [2.24, 2.45) is 0 Å². The average Bonchev–Trinajstić information content (AvgIpc) is 2.66. The van der Waals surface area contributed by atoms with E-state index in [9.17, 15) is 18.1 Å². The molecule has 30 heavy (non-hydrogen) atoms. The van der Waals surface area contributed by atoms with E-state index in [-0.39, 0.29) is 29.6 Å². The first kappa shape index (κ1) is 33.0. The zero-order valence-corrected chi connectivity index (χ0v) is 23.2. The van der Waals surface area contributed by atoms with Gasteiger partial charge in [0.15, 0.2) is 0 Å². The fourth-order valence-corrected chi connectivity index (χ4v) is 5.06. The smallest absolute Gasteiger partial charge is 0.748 e. The molecule has 0 bridgehead atoms. The van der Waals surface area contributed by atoms with Gasteiger partial charge in [-0.1, -0.05) is 129 Å². The maximum Gasteiger partial charge on any atom is 1.00 e. The summed E-state index contributed by atoms with van der Waals surface area (Å²) in [6.45, 7) is 4.15. The van der Waals surface area contributed by atoms with Gasteiger partial charge in [-0.15, -0.1) is 0 Å². The molecule has 0 aliphatic carbocycles. The van der Waals surface area contributed by atoms with E-state index in [2.05, 4.69) is 6.92 Å². The molecule has 0 rings (SSSR count). The van der Waals surface area contributed by atoms with E-state index >= 15 is 0 Å². The van der Waals surface area contributed by atoms with Gasteiger partial charge < -0.3 is 9.66 Å². The molecular formula is C24H49NaO4S. The van der Waals surface area contributed by atoms with Crippen LogP contribution in [0.25, 0.3) is 0 Å². The molecule has 0 fully saturated rings. The maximum atomic E-state index is 11.3. The molecule has 0 aromatic rings. The van der Waals surface area contributed by atoms with Crippen LogP contribution < -0.4 is 29.6 Å². The summed E-state index contributed by atoms with van der Waals surface area (Å²) in [6, 6.07) is 0. The quantitative estimate of drug-likeness (QED) is 0.151. The van der Waals surface area contributed by atoms with Crippen LogP contribution in [0.15, 0.2) is 0 Å². The first-order valence-electron chi connectivity index (χ1n) is 12.6. The third-order valence-corrected chi connectivity index (χ3v) is 7.27. The van der Waals surface area contributed by atoms with Gasteiger partial charge in [-0.3, -0.25) is 0 Å². The van der Waals surface area contributed by atoms with Crippen LogP contribution in [0.1, 0.15) is 142 Å². The van der Waals surface area contributed by atoms with E-state index in [4.69, 9.17) is 0 Å². The van der Waals surface area contributed by atoms with E-state index in [0.717, 1.165) is 12.8 Å². The summed E-state index contributed by atoms with van der Waals surface area (Å²) in [4.78, 5) is 0. The Morgan fingerprint density at radius 3 is 1.23 bits per heavy atom. The van der Waals surface area contributed by atoms with Crippen molar-refractivity contribution in [2.45, 2.75) is 154 Å². The Bertz CT molecular complexity index is 442. The molecule has 176 valence electrons. The molecule has 0 aliphatic heterocycles. The zero-order valence-electron chi connectivity index (χ0n) is 20.4. The Balaban J connectivity index is 0. The normalized spacial score (nSPS) is 13.7. The Labute approximate surface area is 210 Å². The van der Waals surface area contributed by atoms with Crippen molar-refractivity contribution in [3.8, 4) is 0 Å². The Hall–Kier alpha value is 0.870. The van der Waals surface area contributed by atoms with Gasteiger partial charge in [-0.2, -0.15) is 0 Å². The van der Waals surface area contributed by atoms with Gasteiger partial charge in [0.25, 0.3) is 0 Å². The van der Waals surface area contributed by atoms with E-state index < -0.39 is 21.5 Å². The monoisotopic (exact) mass is 456 g/mol. The van der Waals surface area contributed by atoms with E-state index in [1.54, 1.807) is 0 Å². The van der Waals surface area contributed by atoms with Crippen LogP contribution in [-0.2, 0) is 10.1 Å². The fourth-order valence-electron chi connectivity index (χ4n) is 4.08. The van der Waals surface area contributed by atoms with Gasteiger partial charge in [0, 0.05) is 0 Å². The summed E-state index contributed by atoms with van der Waals surface area (Å²) in [5.41, 5.74) is 0. The van der Waals surface area contributed by atoms with E-state index in [0.29, 0.717) is 25.7 Å². The molecular weight excluding hydrogens is 407 g/mol. The van der Waals surface area contributed by atoms with Crippen molar-refractivity contribution >= 4 is 10.1 Å². The fraction of sp³-hybridized carbons (Fsp3) is 1.00. The maximum absolute atomic E-state index is 11.3. The Kier molecular flexibility index (Phi) is 25.4. The summed E-state index contributed by atoms with van der Waals surface area (Å²) in [6.07, 6.45) is 22.1. The van der Waals surface area contributed by atoms with Crippen LogP contribution in [0.5, 0.6) is 0 Å².